The van der Waals surface area contributed by atoms with E-state index in [1.165, 1.54) is 330 Å². The smallest absolute Gasteiger partial charge is 0.122 e. The first-order valence-electron chi connectivity index (χ1n) is 33.9. The predicted octanol–water partition coefficient (Wildman–Crippen LogP) is 26.0. The molecule has 2 rings (SSSR count). The molecule has 0 aromatic heterocycles. The molecule has 4 unspecified atom stereocenters. The minimum Gasteiger partial charge on any atom is -0.507 e. The Labute approximate surface area is 465 Å². The fourth-order valence-corrected chi connectivity index (χ4v) is 11.8. The molecule has 2 N–H and O–H groups in total. The maximum Gasteiger partial charge on any atom is 0.122 e. The minimum absolute atomic E-state index is 0.450. The standard InChI is InChI=1S/C42H78O.C30H54O/c1-5-7-9-11-13-15-17-19-21-23-25-27-29-31-34-38(3)40-36-33-37-41(42(40)43)39(4)35-32-30-28-26-24-22-20-18-16-14-12-10-8-6-2;1-5-7-9-11-13-15-17-19-22-26(3)28-24-21-25-29(30(28)31)27(4)23-20-18-16-14-12-10-8-6-2/h33,36-39,43H,5-32,34-35H2,1-4H3;21,24-27,31H,5-20,22-23H2,1-4H3. The molecule has 2 nitrogen and oxygen atoms in total. The van der Waals surface area contributed by atoms with Gasteiger partial charge in [0, 0.05) is 0 Å². The van der Waals surface area contributed by atoms with Crippen molar-refractivity contribution in [1.29, 1.82) is 0 Å². The lowest BCUT2D eigenvalue weighted by atomic mass is 9.87. The highest BCUT2D eigenvalue weighted by molar-refractivity contribution is 5.45. The highest BCUT2D eigenvalue weighted by atomic mass is 16.3. The summed E-state index contributed by atoms with van der Waals surface area (Å²) < 4.78 is 0. The van der Waals surface area contributed by atoms with Gasteiger partial charge in [0.25, 0.3) is 0 Å². The summed E-state index contributed by atoms with van der Waals surface area (Å²) in [6, 6.07) is 13.0. The Hall–Kier alpha value is -1.96. The molecular formula is C72H132O2. The topological polar surface area (TPSA) is 40.5 Å². The highest BCUT2D eigenvalue weighted by Gasteiger charge is 2.19. The molecule has 0 saturated carbocycles. The number of aromatic hydroxyl groups is 2. The van der Waals surface area contributed by atoms with E-state index in [1.807, 2.05) is 0 Å². The summed E-state index contributed by atoms with van der Waals surface area (Å²) in [6.45, 7) is 18.4. The van der Waals surface area contributed by atoms with Crippen LogP contribution in [0, 0.1) is 0 Å². The second-order valence-corrected chi connectivity index (χ2v) is 24.5. The first-order chi connectivity index (χ1) is 36.2. The molecule has 432 valence electrons. The third kappa shape index (κ3) is 37.8. The third-order valence-electron chi connectivity index (χ3n) is 17.3. The van der Waals surface area contributed by atoms with E-state index in [1.54, 1.807) is 0 Å². The monoisotopic (exact) mass is 1030 g/mol. The normalized spacial score (nSPS) is 13.2. The fourth-order valence-electron chi connectivity index (χ4n) is 11.8. The van der Waals surface area contributed by atoms with Gasteiger partial charge in [0.2, 0.25) is 0 Å². The van der Waals surface area contributed by atoms with Gasteiger partial charge in [-0.2, -0.15) is 0 Å². The van der Waals surface area contributed by atoms with Crippen molar-refractivity contribution in [3.05, 3.63) is 58.7 Å². The molecule has 0 spiro atoms. The average Bonchev–Trinajstić information content (AvgIpc) is 3.40. The highest BCUT2D eigenvalue weighted by Crippen LogP contribution is 2.39. The molecule has 0 aliphatic rings. The molecule has 0 aliphatic heterocycles. The fraction of sp³-hybridized carbons (Fsp3) is 0.833. The summed E-state index contributed by atoms with van der Waals surface area (Å²) in [6.07, 6.45) is 66.1. The first-order valence-corrected chi connectivity index (χ1v) is 33.9. The van der Waals surface area contributed by atoms with Crippen molar-refractivity contribution in [2.24, 2.45) is 0 Å². The van der Waals surface area contributed by atoms with E-state index in [2.05, 4.69) is 91.8 Å². The van der Waals surface area contributed by atoms with Crippen LogP contribution in [0.4, 0.5) is 0 Å². The number of phenols is 2. The summed E-state index contributed by atoms with van der Waals surface area (Å²) in [7, 11) is 0. The average molecular weight is 1030 g/mol. The van der Waals surface area contributed by atoms with E-state index in [0.29, 0.717) is 35.2 Å². The molecule has 0 saturated heterocycles. The summed E-state index contributed by atoms with van der Waals surface area (Å²) in [5.41, 5.74) is 4.70. The van der Waals surface area contributed by atoms with Gasteiger partial charge < -0.3 is 10.2 Å². The van der Waals surface area contributed by atoms with E-state index in [0.717, 1.165) is 0 Å². The molecule has 74 heavy (non-hydrogen) atoms. The Kier molecular flexibility index (Phi) is 49.0. The zero-order chi connectivity index (χ0) is 54.0. The van der Waals surface area contributed by atoms with Crippen molar-refractivity contribution in [1.82, 2.24) is 0 Å². The van der Waals surface area contributed by atoms with Crippen LogP contribution in [0.2, 0.25) is 0 Å². The lowest BCUT2D eigenvalue weighted by Gasteiger charge is -2.19. The minimum atomic E-state index is 0.450. The zero-order valence-corrected chi connectivity index (χ0v) is 51.6. The van der Waals surface area contributed by atoms with E-state index in [4.69, 9.17) is 0 Å². The van der Waals surface area contributed by atoms with E-state index >= 15 is 0 Å². The molecule has 2 aromatic carbocycles. The predicted molar refractivity (Wildman–Crippen MR) is 334 cm³/mol. The number of phenolic OH excluding ortho intramolecular Hbond substituents is 2. The van der Waals surface area contributed by atoms with Crippen LogP contribution in [0.25, 0.3) is 0 Å². The number of hydrogen-bond acceptors (Lipinski definition) is 2. The molecule has 0 aliphatic carbocycles. The van der Waals surface area contributed by atoms with Crippen molar-refractivity contribution in [2.75, 3.05) is 0 Å². The number of unbranched alkanes of at least 4 members (excludes halogenated alkanes) is 40. The van der Waals surface area contributed by atoms with E-state index in [-0.39, 0.29) is 0 Å². The van der Waals surface area contributed by atoms with Gasteiger partial charge in [-0.25, -0.2) is 0 Å². The Morgan fingerprint density at radius 2 is 0.365 bits per heavy atom. The summed E-state index contributed by atoms with van der Waals surface area (Å²) in [5, 5.41) is 22.1. The van der Waals surface area contributed by atoms with E-state index < -0.39 is 0 Å². The van der Waals surface area contributed by atoms with Gasteiger partial charge in [-0.1, -0.05) is 374 Å². The van der Waals surface area contributed by atoms with Gasteiger partial charge >= 0.3 is 0 Å². The van der Waals surface area contributed by atoms with Crippen LogP contribution in [0.1, 0.15) is 410 Å². The second kappa shape index (κ2) is 51.8. The molecule has 2 aromatic rings. The lowest BCUT2D eigenvalue weighted by molar-refractivity contribution is 0.441. The summed E-state index contributed by atoms with van der Waals surface area (Å²) in [5.74, 6) is 2.99. The van der Waals surface area contributed by atoms with Crippen LogP contribution < -0.4 is 0 Å². The summed E-state index contributed by atoms with van der Waals surface area (Å²) in [4.78, 5) is 0. The molecule has 2 heteroatoms. The molecular weight excluding hydrogens is 897 g/mol. The van der Waals surface area contributed by atoms with Crippen molar-refractivity contribution in [3.8, 4) is 11.5 Å². The molecule has 0 amide bonds. The Morgan fingerprint density at radius 3 is 0.514 bits per heavy atom. The van der Waals surface area contributed by atoms with Crippen molar-refractivity contribution in [3.63, 3.8) is 0 Å². The van der Waals surface area contributed by atoms with Crippen LogP contribution in [0.3, 0.4) is 0 Å². The molecule has 0 fully saturated rings. The molecule has 4 atom stereocenters. The van der Waals surface area contributed by atoms with Crippen LogP contribution in [0.15, 0.2) is 36.4 Å². The number of hydrogen-bond donors (Lipinski definition) is 2. The maximum atomic E-state index is 11.2. The largest absolute Gasteiger partial charge is 0.507 e. The molecule has 0 radical (unpaired) electrons. The lowest BCUT2D eigenvalue weighted by Crippen LogP contribution is -2.00. The summed E-state index contributed by atoms with van der Waals surface area (Å²) >= 11 is 0. The number of para-hydroxylation sites is 2. The van der Waals surface area contributed by atoms with Gasteiger partial charge in [-0.05, 0) is 71.6 Å². The number of rotatable bonds is 52. The Balaban J connectivity index is 0.000000780. The van der Waals surface area contributed by atoms with Crippen molar-refractivity contribution < 1.29 is 10.2 Å². The van der Waals surface area contributed by atoms with Crippen LogP contribution in [0.5, 0.6) is 11.5 Å². The van der Waals surface area contributed by atoms with Crippen LogP contribution >= 0.6 is 0 Å². The van der Waals surface area contributed by atoms with Gasteiger partial charge in [-0.15, -0.1) is 0 Å². The number of benzene rings is 2. The third-order valence-corrected chi connectivity index (χ3v) is 17.3. The van der Waals surface area contributed by atoms with Gasteiger partial charge in [-0.3, -0.25) is 0 Å². The van der Waals surface area contributed by atoms with Gasteiger partial charge in [0.15, 0.2) is 0 Å². The van der Waals surface area contributed by atoms with Crippen molar-refractivity contribution in [2.45, 2.75) is 387 Å². The Bertz CT molecular complexity index is 1360. The van der Waals surface area contributed by atoms with E-state index in [9.17, 15) is 10.2 Å². The van der Waals surface area contributed by atoms with Gasteiger partial charge in [0.05, 0.1) is 0 Å². The van der Waals surface area contributed by atoms with Gasteiger partial charge in [0.1, 0.15) is 11.5 Å². The zero-order valence-electron chi connectivity index (χ0n) is 51.6. The van der Waals surface area contributed by atoms with Crippen molar-refractivity contribution >= 4 is 0 Å². The van der Waals surface area contributed by atoms with Crippen LogP contribution in [-0.2, 0) is 0 Å². The maximum absolute atomic E-state index is 11.2. The SMILES string of the molecule is CCCCCCCCCCC(C)c1cccc(C(C)CCCCCCCCCC)c1O.CCCCCCCCCCCCCCCCC(C)c1cccc(C(C)CCCCCCCCCCCCCCCC)c1O. The molecule has 0 heterocycles. The van der Waals surface area contributed by atoms with Crippen LogP contribution in [-0.4, -0.2) is 10.2 Å². The Morgan fingerprint density at radius 1 is 0.230 bits per heavy atom. The quantitative estimate of drug-likeness (QED) is 0.0648. The first kappa shape index (κ1) is 70.1. The molecule has 0 bridgehead atoms. The second-order valence-electron chi connectivity index (χ2n) is 24.5.